The molecule has 2 fully saturated rings. The van der Waals surface area contributed by atoms with Gasteiger partial charge in [0.25, 0.3) is 0 Å². The molecular formula is C14H26N2O3. The Morgan fingerprint density at radius 2 is 2.32 bits per heavy atom. The van der Waals surface area contributed by atoms with Gasteiger partial charge in [0.2, 0.25) is 0 Å². The van der Waals surface area contributed by atoms with Crippen LogP contribution in [-0.2, 0) is 4.74 Å². The zero-order valence-electron chi connectivity index (χ0n) is 11.8. The number of hydrogen-bond donors (Lipinski definition) is 2. The fourth-order valence-electron chi connectivity index (χ4n) is 3.03. The number of piperidine rings is 1. The summed E-state index contributed by atoms with van der Waals surface area (Å²) in [5.74, 6) is 0.238. The Labute approximate surface area is 115 Å². The maximum Gasteiger partial charge on any atom is 0.317 e. The second-order valence-electron chi connectivity index (χ2n) is 5.65. The number of nitrogens with one attached hydrogen (secondary N) is 1. The number of hydrogen-bond acceptors (Lipinski definition) is 3. The molecule has 2 saturated heterocycles. The predicted octanol–water partition coefficient (Wildman–Crippen LogP) is 1.36. The van der Waals surface area contributed by atoms with Gasteiger partial charge >= 0.3 is 6.03 Å². The summed E-state index contributed by atoms with van der Waals surface area (Å²) in [6, 6.07) is 0.116. The topological polar surface area (TPSA) is 61.8 Å². The number of aliphatic hydroxyl groups is 1. The van der Waals surface area contributed by atoms with Gasteiger partial charge in [-0.25, -0.2) is 4.79 Å². The van der Waals surface area contributed by atoms with Crippen LogP contribution >= 0.6 is 0 Å². The van der Waals surface area contributed by atoms with Crippen molar-refractivity contribution in [3.8, 4) is 0 Å². The molecule has 0 spiro atoms. The highest BCUT2D eigenvalue weighted by atomic mass is 16.5. The first-order valence-corrected chi connectivity index (χ1v) is 7.52. The number of amides is 2. The van der Waals surface area contributed by atoms with E-state index < -0.39 is 0 Å². The lowest BCUT2D eigenvalue weighted by Gasteiger charge is -2.34. The van der Waals surface area contributed by atoms with E-state index in [-0.39, 0.29) is 30.7 Å². The third kappa shape index (κ3) is 3.83. The van der Waals surface area contributed by atoms with E-state index in [2.05, 4.69) is 12.2 Å². The number of likely N-dealkylation sites (tertiary alicyclic amines) is 1. The largest absolute Gasteiger partial charge is 0.396 e. The molecule has 0 aromatic carbocycles. The lowest BCUT2D eigenvalue weighted by molar-refractivity contribution is 0.0736. The number of rotatable bonds is 4. The summed E-state index contributed by atoms with van der Waals surface area (Å²) in [4.78, 5) is 14.1. The normalized spacial score (nSPS) is 29.3. The van der Waals surface area contributed by atoms with Crippen LogP contribution in [0, 0.1) is 5.92 Å². The molecule has 2 rings (SSSR count). The van der Waals surface area contributed by atoms with Gasteiger partial charge in [0.15, 0.2) is 0 Å². The van der Waals surface area contributed by atoms with E-state index in [0.29, 0.717) is 6.54 Å². The minimum atomic E-state index is 0.000463. The SMILES string of the molecule is CCC(NC(=O)N1CCCC(CO)C1)C1CCCO1. The highest BCUT2D eigenvalue weighted by molar-refractivity contribution is 5.74. The number of urea groups is 1. The van der Waals surface area contributed by atoms with Gasteiger partial charge in [0, 0.05) is 26.3 Å². The van der Waals surface area contributed by atoms with E-state index >= 15 is 0 Å². The Morgan fingerprint density at radius 1 is 1.47 bits per heavy atom. The molecule has 0 saturated carbocycles. The number of aliphatic hydroxyl groups excluding tert-OH is 1. The van der Waals surface area contributed by atoms with Gasteiger partial charge in [-0.1, -0.05) is 6.92 Å². The molecule has 2 N–H and O–H groups in total. The predicted molar refractivity (Wildman–Crippen MR) is 73.0 cm³/mol. The second-order valence-corrected chi connectivity index (χ2v) is 5.65. The monoisotopic (exact) mass is 270 g/mol. The summed E-state index contributed by atoms with van der Waals surface area (Å²) in [6.45, 7) is 4.54. The zero-order chi connectivity index (χ0) is 13.7. The highest BCUT2D eigenvalue weighted by Gasteiger charge is 2.29. The van der Waals surface area contributed by atoms with Crippen molar-refractivity contribution in [1.82, 2.24) is 10.2 Å². The summed E-state index contributed by atoms with van der Waals surface area (Å²) in [6.07, 6.45) is 5.20. The van der Waals surface area contributed by atoms with E-state index in [9.17, 15) is 9.90 Å². The molecule has 0 aliphatic carbocycles. The molecular weight excluding hydrogens is 244 g/mol. The average Bonchev–Trinajstić information content (AvgIpc) is 2.98. The van der Waals surface area contributed by atoms with Gasteiger partial charge in [0.05, 0.1) is 12.1 Å². The lowest BCUT2D eigenvalue weighted by Crippen LogP contribution is -2.51. The number of carbonyl (C=O) groups is 1. The molecule has 0 bridgehead atoms. The van der Waals surface area contributed by atoms with Gasteiger partial charge in [-0.15, -0.1) is 0 Å². The van der Waals surface area contributed by atoms with Crippen molar-refractivity contribution in [3.05, 3.63) is 0 Å². The molecule has 3 atom stereocenters. The zero-order valence-corrected chi connectivity index (χ0v) is 11.8. The molecule has 0 aromatic heterocycles. The van der Waals surface area contributed by atoms with Gasteiger partial charge in [-0.05, 0) is 38.0 Å². The molecule has 2 heterocycles. The Morgan fingerprint density at radius 3 is 2.95 bits per heavy atom. The van der Waals surface area contributed by atoms with Crippen LogP contribution in [0.2, 0.25) is 0 Å². The Hall–Kier alpha value is -0.810. The smallest absolute Gasteiger partial charge is 0.317 e. The summed E-state index contributed by atoms with van der Waals surface area (Å²) in [5, 5.41) is 12.3. The third-order valence-corrected chi connectivity index (χ3v) is 4.23. The van der Waals surface area contributed by atoms with Crippen molar-refractivity contribution in [2.75, 3.05) is 26.3 Å². The van der Waals surface area contributed by atoms with Crippen molar-refractivity contribution in [2.24, 2.45) is 5.92 Å². The quantitative estimate of drug-likeness (QED) is 0.811. The Bertz CT molecular complexity index is 292. The molecule has 110 valence electrons. The Kier molecular flexibility index (Phi) is 5.45. The fourth-order valence-corrected chi connectivity index (χ4v) is 3.03. The summed E-state index contributed by atoms with van der Waals surface area (Å²) in [7, 11) is 0. The van der Waals surface area contributed by atoms with Crippen molar-refractivity contribution >= 4 is 6.03 Å². The fraction of sp³-hybridized carbons (Fsp3) is 0.929. The molecule has 0 aromatic rings. The molecule has 5 heteroatoms. The summed E-state index contributed by atoms with van der Waals surface area (Å²) in [5.41, 5.74) is 0. The maximum atomic E-state index is 12.3. The van der Waals surface area contributed by atoms with E-state index in [1.165, 1.54) is 0 Å². The van der Waals surface area contributed by atoms with Crippen LogP contribution in [0.25, 0.3) is 0 Å². The minimum Gasteiger partial charge on any atom is -0.396 e. The summed E-state index contributed by atoms with van der Waals surface area (Å²) >= 11 is 0. The van der Waals surface area contributed by atoms with E-state index in [1.54, 1.807) is 0 Å². The molecule has 19 heavy (non-hydrogen) atoms. The average molecular weight is 270 g/mol. The van der Waals surface area contributed by atoms with Crippen LogP contribution < -0.4 is 5.32 Å². The molecule has 0 radical (unpaired) electrons. The van der Waals surface area contributed by atoms with E-state index in [0.717, 1.165) is 45.3 Å². The van der Waals surface area contributed by atoms with Crippen LogP contribution in [0.3, 0.4) is 0 Å². The lowest BCUT2D eigenvalue weighted by atomic mass is 9.99. The van der Waals surface area contributed by atoms with Crippen LogP contribution in [0.4, 0.5) is 4.79 Å². The van der Waals surface area contributed by atoms with Crippen LogP contribution in [0.5, 0.6) is 0 Å². The minimum absolute atomic E-state index is 0.000463. The van der Waals surface area contributed by atoms with Crippen LogP contribution in [0.1, 0.15) is 39.0 Å². The van der Waals surface area contributed by atoms with Gasteiger partial charge in [-0.3, -0.25) is 0 Å². The molecule has 2 aliphatic rings. The second kappa shape index (κ2) is 7.10. The van der Waals surface area contributed by atoms with Crippen molar-refractivity contribution in [1.29, 1.82) is 0 Å². The van der Waals surface area contributed by atoms with Crippen molar-refractivity contribution in [3.63, 3.8) is 0 Å². The van der Waals surface area contributed by atoms with E-state index in [1.807, 2.05) is 4.90 Å². The van der Waals surface area contributed by atoms with Crippen molar-refractivity contribution in [2.45, 2.75) is 51.2 Å². The molecule has 2 aliphatic heterocycles. The molecule has 3 unspecified atom stereocenters. The van der Waals surface area contributed by atoms with E-state index in [4.69, 9.17) is 4.74 Å². The van der Waals surface area contributed by atoms with Gasteiger partial charge in [0.1, 0.15) is 0 Å². The standard InChI is InChI=1S/C14H26N2O3/c1-2-12(13-6-4-8-19-13)15-14(18)16-7-3-5-11(9-16)10-17/h11-13,17H,2-10H2,1H3,(H,15,18). The van der Waals surface area contributed by atoms with Crippen LogP contribution in [0.15, 0.2) is 0 Å². The maximum absolute atomic E-state index is 12.3. The molecule has 5 nitrogen and oxygen atoms in total. The third-order valence-electron chi connectivity index (χ3n) is 4.23. The van der Waals surface area contributed by atoms with Gasteiger partial charge < -0.3 is 20.1 Å². The number of carbonyl (C=O) groups excluding carboxylic acids is 1. The first-order chi connectivity index (χ1) is 9.24. The highest BCUT2D eigenvalue weighted by Crippen LogP contribution is 2.19. The first kappa shape index (κ1) is 14.6. The first-order valence-electron chi connectivity index (χ1n) is 7.52. The molecule has 2 amide bonds. The van der Waals surface area contributed by atoms with Crippen LogP contribution in [-0.4, -0.2) is 54.5 Å². The Balaban J connectivity index is 1.84. The summed E-state index contributed by atoms with van der Waals surface area (Å²) < 4.78 is 5.66. The van der Waals surface area contributed by atoms with Gasteiger partial charge in [-0.2, -0.15) is 0 Å². The van der Waals surface area contributed by atoms with Crippen molar-refractivity contribution < 1.29 is 14.6 Å². The number of ether oxygens (including phenoxy) is 1. The number of nitrogens with zero attached hydrogens (tertiary/aromatic N) is 1.